The zero-order valence-electron chi connectivity index (χ0n) is 7.04. The topological polar surface area (TPSA) is 87.2 Å². The molecule has 0 unspecified atom stereocenters. The molecule has 0 aliphatic heterocycles. The third-order valence-electron chi connectivity index (χ3n) is 1.55. The largest absolute Gasteiger partial charge is 0.508 e. The number of hydrogen-bond donors (Lipinski definition) is 1. The maximum absolute atomic E-state index is 10.5. The third kappa shape index (κ3) is 2.08. The van der Waals surface area contributed by atoms with Crippen molar-refractivity contribution in [2.45, 2.75) is 0 Å². The van der Waals surface area contributed by atoms with Gasteiger partial charge in [0.2, 0.25) is 0 Å². The van der Waals surface area contributed by atoms with Crippen molar-refractivity contribution in [3.05, 3.63) is 40.0 Å². The summed E-state index contributed by atoms with van der Waals surface area (Å²) < 4.78 is 0. The van der Waals surface area contributed by atoms with E-state index >= 15 is 0 Å². The monoisotopic (exact) mass is 190 g/mol. The smallest absolute Gasteiger partial charge is 0.280 e. The van der Waals surface area contributed by atoms with Crippen LogP contribution in [0, 0.1) is 21.4 Å². The molecular weight excluding hydrogens is 184 g/mol. The first kappa shape index (κ1) is 9.74. The summed E-state index contributed by atoms with van der Waals surface area (Å²) in [5.41, 5.74) is 0.0610. The Morgan fingerprint density at radius 3 is 2.86 bits per heavy atom. The molecule has 5 heteroatoms. The van der Waals surface area contributed by atoms with E-state index in [0.717, 1.165) is 12.1 Å². The van der Waals surface area contributed by atoms with Gasteiger partial charge in [-0.3, -0.25) is 10.1 Å². The lowest BCUT2D eigenvalue weighted by molar-refractivity contribution is -0.385. The van der Waals surface area contributed by atoms with Crippen LogP contribution in [0.3, 0.4) is 0 Å². The molecule has 1 aromatic rings. The molecule has 70 valence electrons. The molecule has 1 aromatic carbocycles. The molecule has 0 aliphatic rings. The highest BCUT2D eigenvalue weighted by atomic mass is 16.6. The van der Waals surface area contributed by atoms with Crippen LogP contribution in [-0.4, -0.2) is 10.0 Å². The normalized spacial score (nSPS) is 9.93. The zero-order chi connectivity index (χ0) is 10.6. The van der Waals surface area contributed by atoms with Crippen LogP contribution in [0.5, 0.6) is 5.75 Å². The number of nitro benzene ring substituents is 1. The van der Waals surface area contributed by atoms with Crippen molar-refractivity contribution in [2.24, 2.45) is 0 Å². The summed E-state index contributed by atoms with van der Waals surface area (Å²) >= 11 is 0. The van der Waals surface area contributed by atoms with Gasteiger partial charge >= 0.3 is 0 Å². The van der Waals surface area contributed by atoms with Crippen molar-refractivity contribution in [2.75, 3.05) is 0 Å². The lowest BCUT2D eigenvalue weighted by atomic mass is 10.1. The predicted molar refractivity (Wildman–Crippen MR) is 49.4 cm³/mol. The average molecular weight is 190 g/mol. The van der Waals surface area contributed by atoms with E-state index in [4.69, 9.17) is 10.4 Å². The van der Waals surface area contributed by atoms with Gasteiger partial charge in [0.15, 0.2) is 0 Å². The second-order valence-corrected chi connectivity index (χ2v) is 2.46. The van der Waals surface area contributed by atoms with E-state index in [0.29, 0.717) is 0 Å². The van der Waals surface area contributed by atoms with Crippen LogP contribution in [0.15, 0.2) is 24.3 Å². The van der Waals surface area contributed by atoms with Crippen molar-refractivity contribution in [3.8, 4) is 11.8 Å². The number of benzene rings is 1. The van der Waals surface area contributed by atoms with Gasteiger partial charge in [0.05, 0.1) is 22.6 Å². The molecule has 0 spiro atoms. The molecule has 0 atom stereocenters. The van der Waals surface area contributed by atoms with Gasteiger partial charge in [-0.25, -0.2) is 0 Å². The molecular formula is C9H6N2O3. The summed E-state index contributed by atoms with van der Waals surface area (Å²) in [5.74, 6) is -0.175. The van der Waals surface area contributed by atoms with Gasteiger partial charge in [0, 0.05) is 6.08 Å². The lowest BCUT2D eigenvalue weighted by Gasteiger charge is -1.97. The van der Waals surface area contributed by atoms with Crippen LogP contribution in [0.2, 0.25) is 0 Å². The average Bonchev–Trinajstić information content (AvgIpc) is 2.15. The SMILES string of the molecule is N#CC=Cc1ccc(O)cc1[N+](=O)[O-]. The van der Waals surface area contributed by atoms with E-state index in [1.165, 1.54) is 18.2 Å². The van der Waals surface area contributed by atoms with E-state index in [1.807, 2.05) is 0 Å². The number of aromatic hydroxyl groups is 1. The van der Waals surface area contributed by atoms with Crippen LogP contribution >= 0.6 is 0 Å². The first-order valence-corrected chi connectivity index (χ1v) is 3.68. The molecule has 0 aromatic heterocycles. The summed E-state index contributed by atoms with van der Waals surface area (Å²) in [4.78, 5) is 9.90. The van der Waals surface area contributed by atoms with Crippen LogP contribution in [0.25, 0.3) is 6.08 Å². The molecule has 0 saturated carbocycles. The molecule has 0 bridgehead atoms. The number of phenols is 1. The third-order valence-corrected chi connectivity index (χ3v) is 1.55. The van der Waals surface area contributed by atoms with Crippen LogP contribution in [0.1, 0.15) is 5.56 Å². The lowest BCUT2D eigenvalue weighted by Crippen LogP contribution is -1.90. The highest BCUT2D eigenvalue weighted by Crippen LogP contribution is 2.24. The highest BCUT2D eigenvalue weighted by molar-refractivity contribution is 5.63. The molecule has 1 N–H and O–H groups in total. The van der Waals surface area contributed by atoms with Crippen molar-refractivity contribution >= 4 is 11.8 Å². The summed E-state index contributed by atoms with van der Waals surface area (Å²) in [6, 6.07) is 5.47. The van der Waals surface area contributed by atoms with Crippen LogP contribution in [0.4, 0.5) is 5.69 Å². The fourth-order valence-electron chi connectivity index (χ4n) is 0.958. The van der Waals surface area contributed by atoms with Gasteiger partial charge in [0.25, 0.3) is 5.69 Å². The number of nitriles is 1. The summed E-state index contributed by atoms with van der Waals surface area (Å²) in [6.07, 6.45) is 2.46. The van der Waals surface area contributed by atoms with E-state index in [2.05, 4.69) is 0 Å². The van der Waals surface area contributed by atoms with Gasteiger partial charge in [0.1, 0.15) is 5.75 Å². The Labute approximate surface area is 79.7 Å². The minimum absolute atomic E-state index is 0.175. The second-order valence-electron chi connectivity index (χ2n) is 2.46. The molecule has 0 radical (unpaired) electrons. The number of rotatable bonds is 2. The van der Waals surface area contributed by atoms with E-state index < -0.39 is 4.92 Å². The van der Waals surface area contributed by atoms with Gasteiger partial charge < -0.3 is 5.11 Å². The van der Waals surface area contributed by atoms with E-state index in [1.54, 1.807) is 6.07 Å². The van der Waals surface area contributed by atoms with Crippen molar-refractivity contribution in [1.82, 2.24) is 0 Å². The minimum Gasteiger partial charge on any atom is -0.508 e. The summed E-state index contributed by atoms with van der Waals surface area (Å²) in [5, 5.41) is 27.8. The minimum atomic E-state index is -0.614. The number of allylic oxidation sites excluding steroid dienone is 1. The number of nitro groups is 1. The molecule has 0 heterocycles. The molecule has 0 fully saturated rings. The number of nitrogens with zero attached hydrogens (tertiary/aromatic N) is 2. The fraction of sp³-hybridized carbons (Fsp3) is 0. The molecule has 0 aliphatic carbocycles. The maximum Gasteiger partial charge on any atom is 0.280 e. The first-order valence-electron chi connectivity index (χ1n) is 3.68. The molecule has 5 nitrogen and oxygen atoms in total. The van der Waals surface area contributed by atoms with Crippen molar-refractivity contribution < 1.29 is 10.0 Å². The van der Waals surface area contributed by atoms with E-state index in [-0.39, 0.29) is 17.0 Å². The molecule has 14 heavy (non-hydrogen) atoms. The maximum atomic E-state index is 10.5. The Bertz CT molecular complexity index is 432. The Kier molecular flexibility index (Phi) is 2.82. The van der Waals surface area contributed by atoms with Crippen molar-refractivity contribution in [1.29, 1.82) is 5.26 Å². The van der Waals surface area contributed by atoms with Gasteiger partial charge in [-0.1, -0.05) is 0 Å². The fourth-order valence-corrected chi connectivity index (χ4v) is 0.958. The summed E-state index contributed by atoms with van der Waals surface area (Å²) in [6.45, 7) is 0. The van der Waals surface area contributed by atoms with Gasteiger partial charge in [-0.05, 0) is 18.2 Å². The Balaban J connectivity index is 3.23. The Hall–Kier alpha value is -2.35. The summed E-state index contributed by atoms with van der Waals surface area (Å²) in [7, 11) is 0. The highest BCUT2D eigenvalue weighted by Gasteiger charge is 2.11. The van der Waals surface area contributed by atoms with E-state index in [9.17, 15) is 10.1 Å². The molecule has 0 amide bonds. The predicted octanol–water partition coefficient (Wildman–Crippen LogP) is 1.84. The first-order chi connectivity index (χ1) is 6.65. The quantitative estimate of drug-likeness (QED) is 0.437. The van der Waals surface area contributed by atoms with Gasteiger partial charge in [-0.15, -0.1) is 0 Å². The van der Waals surface area contributed by atoms with Crippen LogP contribution < -0.4 is 0 Å². The van der Waals surface area contributed by atoms with Crippen LogP contribution in [-0.2, 0) is 0 Å². The Morgan fingerprint density at radius 2 is 2.29 bits per heavy atom. The number of hydrogen-bond acceptors (Lipinski definition) is 4. The standard InChI is InChI=1S/C9H6N2O3/c10-5-1-2-7-3-4-8(12)6-9(7)11(13)14/h1-4,6,12H. The molecule has 1 rings (SSSR count). The van der Waals surface area contributed by atoms with Crippen molar-refractivity contribution in [3.63, 3.8) is 0 Å². The number of phenolic OH excluding ortho intramolecular Hbond substituents is 1. The zero-order valence-corrected chi connectivity index (χ0v) is 7.04. The molecule has 0 saturated heterocycles. The Morgan fingerprint density at radius 1 is 1.57 bits per heavy atom. The van der Waals surface area contributed by atoms with Gasteiger partial charge in [-0.2, -0.15) is 5.26 Å². The second kappa shape index (κ2) is 4.05.